The second kappa shape index (κ2) is 5.45. The van der Waals surface area contributed by atoms with Crippen molar-refractivity contribution >= 4 is 10.8 Å². The second-order valence-electron chi connectivity index (χ2n) is 5.30. The highest BCUT2D eigenvalue weighted by atomic mass is 14.7. The van der Waals surface area contributed by atoms with Crippen molar-refractivity contribution in [3.05, 3.63) is 91.1 Å². The zero-order valence-corrected chi connectivity index (χ0v) is 12.1. The van der Waals surface area contributed by atoms with Crippen LogP contribution in [0.25, 0.3) is 33.2 Å². The van der Waals surface area contributed by atoms with E-state index in [4.69, 9.17) is 4.98 Å². The highest BCUT2D eigenvalue weighted by molar-refractivity contribution is 6.02. The minimum atomic E-state index is 1.04. The Morgan fingerprint density at radius 3 is 1.73 bits per heavy atom. The van der Waals surface area contributed by atoms with Gasteiger partial charge in [0.25, 0.3) is 0 Å². The number of pyridine rings is 1. The zero-order chi connectivity index (χ0) is 14.8. The highest BCUT2D eigenvalue weighted by Crippen LogP contribution is 2.33. The maximum Gasteiger partial charge on any atom is 0.0780 e. The average Bonchev–Trinajstić information content (AvgIpc) is 2.62. The van der Waals surface area contributed by atoms with Crippen LogP contribution in [0, 0.1) is 0 Å². The third-order valence-electron chi connectivity index (χ3n) is 3.93. The van der Waals surface area contributed by atoms with Gasteiger partial charge in [0.2, 0.25) is 0 Å². The Kier molecular flexibility index (Phi) is 3.17. The Morgan fingerprint density at radius 1 is 0.500 bits per heavy atom. The molecule has 1 heteroatoms. The Hall–Kier alpha value is -2.93. The fourth-order valence-electron chi connectivity index (χ4n) is 2.87. The molecule has 1 heterocycles. The van der Waals surface area contributed by atoms with Gasteiger partial charge in [0.05, 0.1) is 5.69 Å². The van der Waals surface area contributed by atoms with Gasteiger partial charge in [0.1, 0.15) is 0 Å². The first kappa shape index (κ1) is 12.8. The van der Waals surface area contributed by atoms with Crippen LogP contribution in [0.1, 0.15) is 0 Å². The number of hydrogen-bond donors (Lipinski definition) is 0. The van der Waals surface area contributed by atoms with Gasteiger partial charge in [-0.3, -0.25) is 4.98 Å². The van der Waals surface area contributed by atoms with Gasteiger partial charge in [-0.1, -0.05) is 84.9 Å². The van der Waals surface area contributed by atoms with Gasteiger partial charge in [-0.05, 0) is 10.9 Å². The SMILES string of the molecule is c1ccc(-c2cnc(-c3ccccc3)c3ccccc23)cc1. The van der Waals surface area contributed by atoms with Crippen molar-refractivity contribution in [2.24, 2.45) is 0 Å². The van der Waals surface area contributed by atoms with Crippen LogP contribution in [0.3, 0.4) is 0 Å². The molecule has 0 saturated heterocycles. The molecule has 1 nitrogen and oxygen atoms in total. The molecule has 1 aromatic heterocycles. The first-order valence-electron chi connectivity index (χ1n) is 7.42. The monoisotopic (exact) mass is 281 g/mol. The normalized spacial score (nSPS) is 10.7. The summed E-state index contributed by atoms with van der Waals surface area (Å²) >= 11 is 0. The van der Waals surface area contributed by atoms with Crippen molar-refractivity contribution in [2.75, 3.05) is 0 Å². The maximum absolute atomic E-state index is 4.75. The van der Waals surface area contributed by atoms with Gasteiger partial charge < -0.3 is 0 Å². The van der Waals surface area contributed by atoms with E-state index in [1.807, 2.05) is 18.3 Å². The molecule has 0 aliphatic rings. The largest absolute Gasteiger partial charge is 0.255 e. The van der Waals surface area contributed by atoms with Crippen molar-refractivity contribution in [3.63, 3.8) is 0 Å². The van der Waals surface area contributed by atoms with Crippen molar-refractivity contribution < 1.29 is 0 Å². The molecule has 0 bridgehead atoms. The molecule has 0 spiro atoms. The zero-order valence-electron chi connectivity index (χ0n) is 12.1. The molecule has 4 rings (SSSR count). The van der Waals surface area contributed by atoms with Gasteiger partial charge in [0, 0.05) is 22.7 Å². The molecule has 0 fully saturated rings. The summed E-state index contributed by atoms with van der Waals surface area (Å²) in [6.45, 7) is 0. The molecule has 0 unspecified atom stereocenters. The Bertz CT molecular complexity index is 834. The molecule has 0 aliphatic heterocycles. The van der Waals surface area contributed by atoms with E-state index >= 15 is 0 Å². The predicted molar refractivity (Wildman–Crippen MR) is 92.6 cm³/mol. The summed E-state index contributed by atoms with van der Waals surface area (Å²) in [5.74, 6) is 0. The molecular weight excluding hydrogens is 266 g/mol. The number of fused-ring (bicyclic) bond motifs is 1. The van der Waals surface area contributed by atoms with E-state index in [2.05, 4.69) is 72.8 Å². The lowest BCUT2D eigenvalue weighted by atomic mass is 9.97. The molecule has 0 saturated carbocycles. The average molecular weight is 281 g/mol. The molecule has 0 amide bonds. The van der Waals surface area contributed by atoms with E-state index in [9.17, 15) is 0 Å². The van der Waals surface area contributed by atoms with E-state index in [0.29, 0.717) is 0 Å². The van der Waals surface area contributed by atoms with Gasteiger partial charge >= 0.3 is 0 Å². The second-order valence-corrected chi connectivity index (χ2v) is 5.30. The molecule has 4 aromatic rings. The third-order valence-corrected chi connectivity index (χ3v) is 3.93. The third kappa shape index (κ3) is 2.17. The van der Waals surface area contributed by atoms with Gasteiger partial charge in [0.15, 0.2) is 0 Å². The van der Waals surface area contributed by atoms with E-state index in [-0.39, 0.29) is 0 Å². The summed E-state index contributed by atoms with van der Waals surface area (Å²) in [6.07, 6.45) is 1.99. The minimum absolute atomic E-state index is 1.04. The standard InChI is InChI=1S/C21H15N/c1-3-9-16(10-4-1)20-15-22-21(17-11-5-2-6-12-17)19-14-8-7-13-18(19)20/h1-15H. The van der Waals surface area contributed by atoms with Gasteiger partial charge in [-0.15, -0.1) is 0 Å². The van der Waals surface area contributed by atoms with Crippen LogP contribution in [0.2, 0.25) is 0 Å². The van der Waals surface area contributed by atoms with E-state index in [1.165, 1.54) is 21.9 Å². The lowest BCUT2D eigenvalue weighted by Gasteiger charge is -2.11. The highest BCUT2D eigenvalue weighted by Gasteiger charge is 2.09. The van der Waals surface area contributed by atoms with Crippen molar-refractivity contribution in [3.8, 4) is 22.4 Å². The minimum Gasteiger partial charge on any atom is -0.255 e. The number of benzene rings is 3. The van der Waals surface area contributed by atoms with Crippen molar-refractivity contribution in [2.45, 2.75) is 0 Å². The van der Waals surface area contributed by atoms with E-state index < -0.39 is 0 Å². The number of nitrogens with zero attached hydrogens (tertiary/aromatic N) is 1. The lowest BCUT2D eigenvalue weighted by Crippen LogP contribution is -1.89. The summed E-state index contributed by atoms with van der Waals surface area (Å²) in [4.78, 5) is 4.75. The Labute approximate surface area is 129 Å². The van der Waals surface area contributed by atoms with Crippen LogP contribution in [0.15, 0.2) is 91.1 Å². The fourth-order valence-corrected chi connectivity index (χ4v) is 2.87. The summed E-state index contributed by atoms with van der Waals surface area (Å²) < 4.78 is 0. The molecule has 3 aromatic carbocycles. The van der Waals surface area contributed by atoms with Crippen LogP contribution in [0.5, 0.6) is 0 Å². The van der Waals surface area contributed by atoms with E-state index in [1.54, 1.807) is 0 Å². The topological polar surface area (TPSA) is 12.9 Å². The summed E-state index contributed by atoms with van der Waals surface area (Å²) in [6, 6.07) is 29.3. The molecule has 22 heavy (non-hydrogen) atoms. The number of aromatic nitrogens is 1. The Morgan fingerprint density at radius 2 is 1.05 bits per heavy atom. The number of hydrogen-bond acceptors (Lipinski definition) is 1. The van der Waals surface area contributed by atoms with Crippen LogP contribution in [0.4, 0.5) is 0 Å². The lowest BCUT2D eigenvalue weighted by molar-refractivity contribution is 1.35. The number of rotatable bonds is 2. The molecule has 0 radical (unpaired) electrons. The summed E-state index contributed by atoms with van der Waals surface area (Å²) in [7, 11) is 0. The smallest absolute Gasteiger partial charge is 0.0780 e. The summed E-state index contributed by atoms with van der Waals surface area (Å²) in [5.41, 5.74) is 4.57. The maximum atomic E-state index is 4.75. The van der Waals surface area contributed by atoms with Crippen LogP contribution < -0.4 is 0 Å². The van der Waals surface area contributed by atoms with Crippen LogP contribution in [-0.2, 0) is 0 Å². The fraction of sp³-hybridized carbons (Fsp3) is 0. The Balaban J connectivity index is 2.01. The van der Waals surface area contributed by atoms with Crippen LogP contribution in [-0.4, -0.2) is 4.98 Å². The first-order valence-corrected chi connectivity index (χ1v) is 7.42. The first-order chi connectivity index (χ1) is 10.9. The molecule has 0 aliphatic carbocycles. The van der Waals surface area contributed by atoms with Gasteiger partial charge in [-0.25, -0.2) is 0 Å². The van der Waals surface area contributed by atoms with Gasteiger partial charge in [-0.2, -0.15) is 0 Å². The van der Waals surface area contributed by atoms with E-state index in [0.717, 1.165) is 11.3 Å². The molecule has 0 atom stereocenters. The summed E-state index contributed by atoms with van der Waals surface area (Å²) in [5, 5.41) is 2.43. The molecule has 0 N–H and O–H groups in total. The quantitative estimate of drug-likeness (QED) is 0.468. The van der Waals surface area contributed by atoms with Crippen LogP contribution >= 0.6 is 0 Å². The molecular formula is C21H15N. The molecule has 104 valence electrons. The van der Waals surface area contributed by atoms with Crippen molar-refractivity contribution in [1.82, 2.24) is 4.98 Å². The van der Waals surface area contributed by atoms with Crippen molar-refractivity contribution in [1.29, 1.82) is 0 Å². The predicted octanol–water partition coefficient (Wildman–Crippen LogP) is 5.57.